The van der Waals surface area contributed by atoms with Gasteiger partial charge in [0.15, 0.2) is 0 Å². The molecule has 0 aliphatic carbocycles. The Kier molecular flexibility index (Phi) is 7.29. The molecule has 0 saturated heterocycles. The van der Waals surface area contributed by atoms with E-state index in [9.17, 15) is 4.79 Å². The molecule has 0 aromatic heterocycles. The van der Waals surface area contributed by atoms with Gasteiger partial charge >= 0.3 is 5.97 Å². The molecule has 0 bridgehead atoms. The molecule has 0 aliphatic heterocycles. The summed E-state index contributed by atoms with van der Waals surface area (Å²) in [7, 11) is 1.42. The molecule has 0 heterocycles. The zero-order valence-electron chi connectivity index (χ0n) is 7.92. The third-order valence-corrected chi connectivity index (χ3v) is 2.19. The molecule has 0 saturated carbocycles. The molecule has 72 valence electrons. The van der Waals surface area contributed by atoms with Crippen molar-refractivity contribution in [2.24, 2.45) is 0 Å². The summed E-state index contributed by atoms with van der Waals surface area (Å²) in [6, 6.07) is -0.132. The number of methoxy groups -OCH3 is 1. The minimum absolute atomic E-state index is 0.132. The number of hydrogen-bond acceptors (Lipinski definition) is 4. The predicted molar refractivity (Wildman–Crippen MR) is 52.5 cm³/mol. The van der Waals surface area contributed by atoms with Crippen LogP contribution in [0.2, 0.25) is 0 Å². The Bertz CT molecular complexity index is 130. The normalized spacial score (nSPS) is 12.6. The molecule has 12 heavy (non-hydrogen) atoms. The molecule has 1 N–H and O–H groups in total. The molecule has 0 aromatic rings. The van der Waals surface area contributed by atoms with Crippen LogP contribution in [0.5, 0.6) is 0 Å². The topological polar surface area (TPSA) is 38.3 Å². The first kappa shape index (κ1) is 11.8. The van der Waals surface area contributed by atoms with Crippen molar-refractivity contribution in [1.29, 1.82) is 0 Å². The minimum atomic E-state index is -0.161. The highest BCUT2D eigenvalue weighted by Gasteiger charge is 2.16. The van der Waals surface area contributed by atoms with Crippen LogP contribution in [-0.2, 0) is 9.53 Å². The van der Waals surface area contributed by atoms with Crippen molar-refractivity contribution in [1.82, 2.24) is 5.32 Å². The van der Waals surface area contributed by atoms with E-state index < -0.39 is 0 Å². The first-order valence-electron chi connectivity index (χ1n) is 4.06. The Morgan fingerprint density at radius 3 is 2.75 bits per heavy atom. The van der Waals surface area contributed by atoms with E-state index in [4.69, 9.17) is 0 Å². The number of carbonyl (C=O) groups is 1. The molecule has 0 radical (unpaired) electrons. The molecule has 0 spiro atoms. The van der Waals surface area contributed by atoms with Gasteiger partial charge in [0.05, 0.1) is 7.11 Å². The molecule has 0 aliphatic rings. The van der Waals surface area contributed by atoms with Gasteiger partial charge < -0.3 is 10.1 Å². The second kappa shape index (κ2) is 7.43. The Hall–Kier alpha value is -0.220. The van der Waals surface area contributed by atoms with Crippen molar-refractivity contribution in [3.8, 4) is 0 Å². The molecule has 3 nitrogen and oxygen atoms in total. The van der Waals surface area contributed by atoms with Gasteiger partial charge in [0.2, 0.25) is 0 Å². The van der Waals surface area contributed by atoms with E-state index in [0.717, 1.165) is 18.7 Å². The minimum Gasteiger partial charge on any atom is -0.468 e. The van der Waals surface area contributed by atoms with Gasteiger partial charge in [-0.05, 0) is 25.0 Å². The lowest BCUT2D eigenvalue weighted by molar-refractivity contribution is -0.143. The van der Waals surface area contributed by atoms with E-state index in [-0.39, 0.29) is 12.0 Å². The van der Waals surface area contributed by atoms with Crippen LogP contribution in [-0.4, -0.2) is 37.7 Å². The van der Waals surface area contributed by atoms with E-state index >= 15 is 0 Å². The first-order valence-corrected chi connectivity index (χ1v) is 5.45. The average molecular weight is 191 g/mol. The Morgan fingerprint density at radius 1 is 1.67 bits per heavy atom. The molecule has 1 atom stereocenters. The summed E-state index contributed by atoms with van der Waals surface area (Å²) in [5.41, 5.74) is 0. The third kappa shape index (κ3) is 4.62. The monoisotopic (exact) mass is 191 g/mol. The van der Waals surface area contributed by atoms with Crippen LogP contribution < -0.4 is 5.32 Å². The van der Waals surface area contributed by atoms with Gasteiger partial charge in [-0.2, -0.15) is 11.8 Å². The summed E-state index contributed by atoms with van der Waals surface area (Å²) in [6.07, 6.45) is 2.86. The maximum atomic E-state index is 11.1. The van der Waals surface area contributed by atoms with Crippen molar-refractivity contribution in [3.63, 3.8) is 0 Å². The summed E-state index contributed by atoms with van der Waals surface area (Å²) < 4.78 is 4.65. The Balaban J connectivity index is 3.76. The third-order valence-electron chi connectivity index (χ3n) is 1.55. The summed E-state index contributed by atoms with van der Waals surface area (Å²) in [5.74, 6) is 0.818. The number of esters is 1. The predicted octanol–water partition coefficient (Wildman–Crippen LogP) is 0.891. The fourth-order valence-corrected chi connectivity index (χ4v) is 1.40. The van der Waals surface area contributed by atoms with Crippen LogP contribution in [0.25, 0.3) is 0 Å². The fraction of sp³-hybridized carbons (Fsp3) is 0.875. The smallest absolute Gasteiger partial charge is 0.322 e. The van der Waals surface area contributed by atoms with Gasteiger partial charge in [0.1, 0.15) is 6.04 Å². The van der Waals surface area contributed by atoms with Gasteiger partial charge in [0.25, 0.3) is 0 Å². The molecule has 4 heteroatoms. The number of carbonyl (C=O) groups excluding carboxylic acids is 1. The van der Waals surface area contributed by atoms with Crippen molar-refractivity contribution >= 4 is 17.7 Å². The zero-order chi connectivity index (χ0) is 9.40. The van der Waals surface area contributed by atoms with Crippen LogP contribution in [0.4, 0.5) is 0 Å². The standard InChI is InChI=1S/C8H17NO2S/c1-4-9-7(5-6-12-3)8(10)11-2/h7,9H,4-6H2,1-3H3. The van der Waals surface area contributed by atoms with Gasteiger partial charge in [0, 0.05) is 0 Å². The molecule has 0 fully saturated rings. The number of likely N-dealkylation sites (N-methyl/N-ethyl adjacent to an activating group) is 1. The molecular weight excluding hydrogens is 174 g/mol. The van der Waals surface area contributed by atoms with E-state index in [2.05, 4.69) is 10.1 Å². The summed E-state index contributed by atoms with van der Waals surface area (Å²) in [6.45, 7) is 2.78. The van der Waals surface area contributed by atoms with Crippen molar-refractivity contribution in [2.75, 3.05) is 25.7 Å². The van der Waals surface area contributed by atoms with Crippen LogP contribution in [0.1, 0.15) is 13.3 Å². The number of thioether (sulfide) groups is 1. The Morgan fingerprint density at radius 2 is 2.33 bits per heavy atom. The maximum absolute atomic E-state index is 11.1. The van der Waals surface area contributed by atoms with Gasteiger partial charge in [-0.25, -0.2) is 0 Å². The highest BCUT2D eigenvalue weighted by Crippen LogP contribution is 2.01. The van der Waals surface area contributed by atoms with Gasteiger partial charge in [-0.3, -0.25) is 4.79 Å². The highest BCUT2D eigenvalue weighted by molar-refractivity contribution is 7.98. The van der Waals surface area contributed by atoms with Crippen molar-refractivity contribution in [3.05, 3.63) is 0 Å². The summed E-state index contributed by atoms with van der Waals surface area (Å²) in [5, 5.41) is 3.08. The lowest BCUT2D eigenvalue weighted by atomic mass is 10.2. The van der Waals surface area contributed by atoms with Crippen LogP contribution in [0.15, 0.2) is 0 Å². The molecule has 0 amide bonds. The van der Waals surface area contributed by atoms with Crippen molar-refractivity contribution < 1.29 is 9.53 Å². The van der Waals surface area contributed by atoms with E-state index in [1.165, 1.54) is 7.11 Å². The fourth-order valence-electron chi connectivity index (χ4n) is 0.928. The van der Waals surface area contributed by atoms with Gasteiger partial charge in [-0.1, -0.05) is 6.92 Å². The highest BCUT2D eigenvalue weighted by atomic mass is 32.2. The van der Waals surface area contributed by atoms with E-state index in [0.29, 0.717) is 0 Å². The number of ether oxygens (including phenoxy) is 1. The van der Waals surface area contributed by atoms with Crippen molar-refractivity contribution in [2.45, 2.75) is 19.4 Å². The van der Waals surface area contributed by atoms with E-state index in [1.807, 2.05) is 13.2 Å². The van der Waals surface area contributed by atoms with Crippen LogP contribution >= 0.6 is 11.8 Å². The average Bonchev–Trinajstić information content (AvgIpc) is 2.11. The molecule has 0 aromatic carbocycles. The SMILES string of the molecule is CCNC(CCSC)C(=O)OC. The molecule has 1 unspecified atom stereocenters. The quantitative estimate of drug-likeness (QED) is 0.633. The zero-order valence-corrected chi connectivity index (χ0v) is 8.74. The first-order chi connectivity index (χ1) is 5.76. The second-order valence-corrected chi connectivity index (χ2v) is 3.40. The van der Waals surface area contributed by atoms with E-state index in [1.54, 1.807) is 11.8 Å². The van der Waals surface area contributed by atoms with Gasteiger partial charge in [-0.15, -0.1) is 0 Å². The summed E-state index contributed by atoms with van der Waals surface area (Å²) in [4.78, 5) is 11.1. The molecular formula is C8H17NO2S. The largest absolute Gasteiger partial charge is 0.468 e. The number of rotatable bonds is 6. The Labute approximate surface area is 78.2 Å². The lowest BCUT2D eigenvalue weighted by Gasteiger charge is -2.13. The number of hydrogen-bond donors (Lipinski definition) is 1. The maximum Gasteiger partial charge on any atom is 0.322 e. The van der Waals surface area contributed by atoms with Crippen LogP contribution in [0, 0.1) is 0 Å². The number of nitrogens with one attached hydrogen (secondary N) is 1. The lowest BCUT2D eigenvalue weighted by Crippen LogP contribution is -2.37. The summed E-state index contributed by atoms with van der Waals surface area (Å²) >= 11 is 1.74. The molecule has 0 rings (SSSR count). The second-order valence-electron chi connectivity index (χ2n) is 2.41. The van der Waals surface area contributed by atoms with Crippen LogP contribution in [0.3, 0.4) is 0 Å².